The quantitative estimate of drug-likeness (QED) is 0.846. The van der Waals surface area contributed by atoms with Crippen LogP contribution in [0.3, 0.4) is 0 Å². The number of ether oxygens (including phenoxy) is 1. The van der Waals surface area contributed by atoms with Gasteiger partial charge < -0.3 is 14.7 Å². The first-order valence-electron chi connectivity index (χ1n) is 8.71. The zero-order chi connectivity index (χ0) is 15.6. The molecule has 2 saturated heterocycles. The average molecular weight is 309 g/mol. The summed E-state index contributed by atoms with van der Waals surface area (Å²) in [4.78, 5) is 25.9. The van der Waals surface area contributed by atoms with Crippen LogP contribution in [0.25, 0.3) is 0 Å². The van der Waals surface area contributed by atoms with Gasteiger partial charge in [0, 0.05) is 32.0 Å². The van der Waals surface area contributed by atoms with Gasteiger partial charge in [0.1, 0.15) is 0 Å². The number of carboxylic acid groups (broad SMARTS) is 1. The third-order valence-corrected chi connectivity index (χ3v) is 5.96. The summed E-state index contributed by atoms with van der Waals surface area (Å²) in [6.45, 7) is 1.89. The second-order valence-electron chi connectivity index (χ2n) is 7.30. The van der Waals surface area contributed by atoms with Crippen LogP contribution in [0, 0.1) is 17.3 Å². The van der Waals surface area contributed by atoms with Crippen molar-refractivity contribution in [3.05, 3.63) is 0 Å². The molecule has 1 amide bonds. The molecular weight excluding hydrogens is 282 g/mol. The van der Waals surface area contributed by atoms with Gasteiger partial charge in [0.2, 0.25) is 5.91 Å². The Morgan fingerprint density at radius 2 is 2.05 bits per heavy atom. The van der Waals surface area contributed by atoms with Crippen LogP contribution in [0.4, 0.5) is 0 Å². The van der Waals surface area contributed by atoms with Crippen molar-refractivity contribution >= 4 is 11.9 Å². The first-order chi connectivity index (χ1) is 10.6. The van der Waals surface area contributed by atoms with Gasteiger partial charge in [-0.3, -0.25) is 9.59 Å². The number of hydrogen-bond donors (Lipinski definition) is 1. The van der Waals surface area contributed by atoms with Crippen molar-refractivity contribution in [1.82, 2.24) is 4.90 Å². The van der Waals surface area contributed by atoms with Crippen molar-refractivity contribution in [2.75, 3.05) is 26.3 Å². The minimum Gasteiger partial charge on any atom is -0.481 e. The molecule has 1 N–H and O–H groups in total. The molecule has 22 heavy (non-hydrogen) atoms. The maximum atomic E-state index is 12.4. The summed E-state index contributed by atoms with van der Waals surface area (Å²) >= 11 is 0. The smallest absolute Gasteiger partial charge is 0.311 e. The Bertz CT molecular complexity index is 432. The molecule has 3 aliphatic rings. The lowest BCUT2D eigenvalue weighted by atomic mass is 9.74. The summed E-state index contributed by atoms with van der Waals surface area (Å²) in [5, 5.41) is 9.62. The molecule has 0 aromatic rings. The van der Waals surface area contributed by atoms with Gasteiger partial charge in [-0.05, 0) is 25.2 Å². The van der Waals surface area contributed by atoms with E-state index in [1.54, 1.807) is 4.90 Å². The predicted octanol–water partition coefficient (Wildman–Crippen LogP) is 2.30. The standard InChI is InChI=1S/C17H27NO4/c19-15(7-3-6-13-4-1-2-5-13)18-10-14-11-22-9-8-17(14,12-18)16(20)21/h13-14H,1-12H2,(H,20,21)/t14-,17+/m0/s1. The molecule has 1 saturated carbocycles. The van der Waals surface area contributed by atoms with E-state index in [0.29, 0.717) is 39.1 Å². The Kier molecular flexibility index (Phi) is 4.71. The maximum absolute atomic E-state index is 12.4. The van der Waals surface area contributed by atoms with Gasteiger partial charge >= 0.3 is 5.97 Å². The van der Waals surface area contributed by atoms with Crippen LogP contribution < -0.4 is 0 Å². The summed E-state index contributed by atoms with van der Waals surface area (Å²) in [6, 6.07) is 0. The first-order valence-corrected chi connectivity index (χ1v) is 8.71. The number of aliphatic carboxylic acids is 1. The van der Waals surface area contributed by atoms with Gasteiger partial charge in [-0.15, -0.1) is 0 Å². The maximum Gasteiger partial charge on any atom is 0.311 e. The fourth-order valence-electron chi connectivity index (χ4n) is 4.49. The highest BCUT2D eigenvalue weighted by molar-refractivity contribution is 5.81. The number of carbonyl (C=O) groups excluding carboxylic acids is 1. The lowest BCUT2D eigenvalue weighted by molar-refractivity contribution is -0.157. The summed E-state index contributed by atoms with van der Waals surface area (Å²) in [5.74, 6) is 0.139. The Hall–Kier alpha value is -1.10. The Balaban J connectivity index is 1.52. The van der Waals surface area contributed by atoms with E-state index in [1.807, 2.05) is 0 Å². The van der Waals surface area contributed by atoms with Gasteiger partial charge in [0.25, 0.3) is 0 Å². The van der Waals surface area contributed by atoms with Crippen LogP contribution >= 0.6 is 0 Å². The molecule has 0 aromatic carbocycles. The van der Waals surface area contributed by atoms with Crippen LogP contribution in [0.2, 0.25) is 0 Å². The molecule has 5 nitrogen and oxygen atoms in total. The van der Waals surface area contributed by atoms with Gasteiger partial charge in [-0.2, -0.15) is 0 Å². The fraction of sp³-hybridized carbons (Fsp3) is 0.882. The zero-order valence-corrected chi connectivity index (χ0v) is 13.3. The van der Waals surface area contributed by atoms with Crippen molar-refractivity contribution in [1.29, 1.82) is 0 Å². The minimum atomic E-state index is -0.765. The number of amides is 1. The van der Waals surface area contributed by atoms with E-state index < -0.39 is 11.4 Å². The van der Waals surface area contributed by atoms with E-state index in [0.717, 1.165) is 18.8 Å². The molecule has 2 aliphatic heterocycles. The highest BCUT2D eigenvalue weighted by atomic mass is 16.5. The first kappa shape index (κ1) is 15.8. The summed E-state index contributed by atoms with van der Waals surface area (Å²) in [6.07, 6.45) is 8.51. The molecule has 0 unspecified atom stereocenters. The number of hydrogen-bond acceptors (Lipinski definition) is 3. The van der Waals surface area contributed by atoms with E-state index >= 15 is 0 Å². The number of rotatable bonds is 5. The monoisotopic (exact) mass is 309 g/mol. The van der Waals surface area contributed by atoms with Gasteiger partial charge in [0.05, 0.1) is 12.0 Å². The highest BCUT2D eigenvalue weighted by Gasteiger charge is 2.54. The Labute approximate surface area is 132 Å². The number of carbonyl (C=O) groups is 2. The molecule has 2 heterocycles. The SMILES string of the molecule is O=C(CCCC1CCCC1)N1C[C@H]2COCC[C@@]2(C(=O)O)C1. The summed E-state index contributed by atoms with van der Waals surface area (Å²) in [5.41, 5.74) is -0.765. The lowest BCUT2D eigenvalue weighted by Crippen LogP contribution is -2.45. The van der Waals surface area contributed by atoms with E-state index in [9.17, 15) is 14.7 Å². The van der Waals surface area contributed by atoms with Crippen molar-refractivity contribution in [3.63, 3.8) is 0 Å². The number of nitrogens with zero attached hydrogens (tertiary/aromatic N) is 1. The van der Waals surface area contributed by atoms with Gasteiger partial charge in [-0.25, -0.2) is 0 Å². The molecule has 0 spiro atoms. The van der Waals surface area contributed by atoms with E-state index in [2.05, 4.69) is 0 Å². The highest BCUT2D eigenvalue weighted by Crippen LogP contribution is 2.42. The van der Waals surface area contributed by atoms with Gasteiger partial charge in [0.15, 0.2) is 0 Å². The van der Waals surface area contributed by atoms with Crippen molar-refractivity contribution in [3.8, 4) is 0 Å². The summed E-state index contributed by atoms with van der Waals surface area (Å²) < 4.78 is 5.43. The molecule has 5 heteroatoms. The van der Waals surface area contributed by atoms with Gasteiger partial charge in [-0.1, -0.05) is 25.7 Å². The van der Waals surface area contributed by atoms with Crippen LogP contribution in [-0.2, 0) is 14.3 Å². The topological polar surface area (TPSA) is 66.8 Å². The molecule has 3 fully saturated rings. The average Bonchev–Trinajstić information content (AvgIpc) is 3.14. The minimum absolute atomic E-state index is 0.0440. The molecule has 0 bridgehead atoms. The number of carboxylic acids is 1. The van der Waals surface area contributed by atoms with E-state index in [4.69, 9.17) is 4.74 Å². The zero-order valence-electron chi connectivity index (χ0n) is 13.3. The lowest BCUT2D eigenvalue weighted by Gasteiger charge is -2.33. The molecule has 3 rings (SSSR count). The summed E-state index contributed by atoms with van der Waals surface area (Å²) in [7, 11) is 0. The van der Waals surface area contributed by atoms with Crippen LogP contribution in [0.15, 0.2) is 0 Å². The number of likely N-dealkylation sites (tertiary alicyclic amines) is 1. The molecule has 0 radical (unpaired) electrons. The van der Waals surface area contributed by atoms with Crippen molar-refractivity contribution < 1.29 is 19.4 Å². The predicted molar refractivity (Wildman–Crippen MR) is 81.4 cm³/mol. The second-order valence-corrected chi connectivity index (χ2v) is 7.30. The molecule has 0 aromatic heterocycles. The third kappa shape index (κ3) is 3.00. The van der Waals surface area contributed by atoms with Crippen LogP contribution in [0.1, 0.15) is 51.4 Å². The molecule has 1 aliphatic carbocycles. The molecule has 2 atom stereocenters. The van der Waals surface area contributed by atoms with Crippen molar-refractivity contribution in [2.45, 2.75) is 51.4 Å². The normalized spacial score (nSPS) is 32.2. The van der Waals surface area contributed by atoms with Crippen molar-refractivity contribution in [2.24, 2.45) is 17.3 Å². The second kappa shape index (κ2) is 6.57. The largest absolute Gasteiger partial charge is 0.481 e. The molecular formula is C17H27NO4. The van der Waals surface area contributed by atoms with E-state index in [1.165, 1.54) is 25.7 Å². The Morgan fingerprint density at radius 3 is 2.73 bits per heavy atom. The Morgan fingerprint density at radius 1 is 1.27 bits per heavy atom. The fourth-order valence-corrected chi connectivity index (χ4v) is 4.49. The molecule has 124 valence electrons. The van der Waals surface area contributed by atoms with Crippen LogP contribution in [-0.4, -0.2) is 48.2 Å². The van der Waals surface area contributed by atoms with E-state index in [-0.39, 0.29) is 11.8 Å². The third-order valence-electron chi connectivity index (χ3n) is 5.96. The van der Waals surface area contributed by atoms with Crippen LogP contribution in [0.5, 0.6) is 0 Å². The number of fused-ring (bicyclic) bond motifs is 1.